The van der Waals surface area contributed by atoms with E-state index in [0.29, 0.717) is 0 Å². The molecule has 0 saturated carbocycles. The van der Waals surface area contributed by atoms with E-state index in [1.165, 1.54) is 0 Å². The lowest BCUT2D eigenvalue weighted by atomic mass is 10.3. The van der Waals surface area contributed by atoms with Crippen LogP contribution in [0.4, 0.5) is 0 Å². The molecule has 0 spiro atoms. The standard InChI is InChI=1S/C7H11Cl/c1-2-3-4-5-6-7-8/h2-3,6-7H,4-5H2,1H3/b3-2-,7-6+. The first-order valence-corrected chi connectivity index (χ1v) is 3.22. The summed E-state index contributed by atoms with van der Waals surface area (Å²) < 4.78 is 0. The van der Waals surface area contributed by atoms with Crippen LogP contribution in [0.5, 0.6) is 0 Å². The number of hydrogen-bond acceptors (Lipinski definition) is 0. The summed E-state index contributed by atoms with van der Waals surface area (Å²) in [7, 11) is 0. The van der Waals surface area contributed by atoms with Gasteiger partial charge >= 0.3 is 0 Å². The summed E-state index contributed by atoms with van der Waals surface area (Å²) in [5, 5.41) is 0. The van der Waals surface area contributed by atoms with E-state index >= 15 is 0 Å². The molecule has 0 aromatic heterocycles. The summed E-state index contributed by atoms with van der Waals surface area (Å²) >= 11 is 5.28. The molecule has 1 heteroatoms. The van der Waals surface area contributed by atoms with Gasteiger partial charge in [0.2, 0.25) is 0 Å². The summed E-state index contributed by atoms with van der Waals surface area (Å²) in [5.74, 6) is 0. The molecule has 0 aromatic rings. The van der Waals surface area contributed by atoms with Gasteiger partial charge in [0.05, 0.1) is 0 Å². The molecule has 0 atom stereocenters. The molecule has 0 unspecified atom stereocenters. The maximum Gasteiger partial charge on any atom is 0.000256 e. The molecule has 0 aliphatic rings. The highest BCUT2D eigenvalue weighted by molar-refractivity contribution is 6.25. The predicted octanol–water partition coefficient (Wildman–Crippen LogP) is 3.10. The van der Waals surface area contributed by atoms with Gasteiger partial charge in [0.15, 0.2) is 0 Å². The van der Waals surface area contributed by atoms with E-state index in [0.717, 1.165) is 12.8 Å². The molecule has 0 heterocycles. The molecule has 0 bridgehead atoms. The smallest absolute Gasteiger partial charge is 0.000256 e. The van der Waals surface area contributed by atoms with E-state index < -0.39 is 0 Å². The van der Waals surface area contributed by atoms with Crippen molar-refractivity contribution in [3.63, 3.8) is 0 Å². The second-order valence-electron chi connectivity index (χ2n) is 1.51. The summed E-state index contributed by atoms with van der Waals surface area (Å²) in [5.41, 5.74) is 1.56. The van der Waals surface area contributed by atoms with E-state index in [1.54, 1.807) is 5.54 Å². The maximum absolute atomic E-state index is 5.28. The number of allylic oxidation sites excluding steroid dienone is 3. The van der Waals surface area contributed by atoms with E-state index in [1.807, 2.05) is 19.1 Å². The Hall–Kier alpha value is -0.230. The lowest BCUT2D eigenvalue weighted by Crippen LogP contribution is -1.60. The summed E-state index contributed by atoms with van der Waals surface area (Å²) in [4.78, 5) is 0. The molecule has 0 saturated heterocycles. The Morgan fingerprint density at radius 1 is 1.25 bits per heavy atom. The molecule has 0 N–H and O–H groups in total. The van der Waals surface area contributed by atoms with Crippen molar-refractivity contribution in [2.45, 2.75) is 19.8 Å². The molecular formula is C7H11Cl. The monoisotopic (exact) mass is 130 g/mol. The normalized spacial score (nSPS) is 11.8. The molecule has 46 valence electrons. The van der Waals surface area contributed by atoms with Crippen molar-refractivity contribution in [1.29, 1.82) is 0 Å². The largest absolute Gasteiger partial charge is 0.0933 e. The van der Waals surface area contributed by atoms with Gasteiger partial charge in [-0.15, -0.1) is 0 Å². The van der Waals surface area contributed by atoms with Crippen molar-refractivity contribution in [2.75, 3.05) is 0 Å². The number of halogens is 1. The van der Waals surface area contributed by atoms with E-state index in [-0.39, 0.29) is 0 Å². The number of rotatable bonds is 3. The van der Waals surface area contributed by atoms with E-state index in [9.17, 15) is 0 Å². The minimum atomic E-state index is 1.05. The number of unbranched alkanes of at least 4 members (excludes halogenated alkanes) is 1. The van der Waals surface area contributed by atoms with Crippen LogP contribution in [0.2, 0.25) is 0 Å². The van der Waals surface area contributed by atoms with Crippen molar-refractivity contribution < 1.29 is 0 Å². The Bertz CT molecular complexity index is 70.4. The van der Waals surface area contributed by atoms with Crippen LogP contribution in [0.15, 0.2) is 23.8 Å². The summed E-state index contributed by atoms with van der Waals surface area (Å²) in [6.07, 6.45) is 8.26. The van der Waals surface area contributed by atoms with Crippen LogP contribution >= 0.6 is 11.6 Å². The molecule has 0 aliphatic carbocycles. The minimum Gasteiger partial charge on any atom is -0.0933 e. The van der Waals surface area contributed by atoms with Crippen LogP contribution in [-0.4, -0.2) is 0 Å². The molecule has 8 heavy (non-hydrogen) atoms. The van der Waals surface area contributed by atoms with Gasteiger partial charge in [0.25, 0.3) is 0 Å². The van der Waals surface area contributed by atoms with Crippen molar-refractivity contribution in [1.82, 2.24) is 0 Å². The van der Waals surface area contributed by atoms with Crippen molar-refractivity contribution in [3.8, 4) is 0 Å². The first-order valence-electron chi connectivity index (χ1n) is 2.78. The van der Waals surface area contributed by atoms with Crippen LogP contribution in [0.1, 0.15) is 19.8 Å². The highest BCUT2D eigenvalue weighted by atomic mass is 35.5. The zero-order valence-corrected chi connectivity index (χ0v) is 5.86. The average Bonchev–Trinajstić information content (AvgIpc) is 1.81. The zero-order chi connectivity index (χ0) is 6.24. The third-order valence-corrected chi connectivity index (χ3v) is 1.00. The van der Waals surface area contributed by atoms with Gasteiger partial charge in [-0.3, -0.25) is 0 Å². The van der Waals surface area contributed by atoms with Crippen LogP contribution < -0.4 is 0 Å². The van der Waals surface area contributed by atoms with Gasteiger partial charge in [-0.05, 0) is 19.8 Å². The number of hydrogen-bond donors (Lipinski definition) is 0. The highest BCUT2D eigenvalue weighted by Gasteiger charge is 1.71. The van der Waals surface area contributed by atoms with E-state index in [4.69, 9.17) is 11.6 Å². The maximum atomic E-state index is 5.28. The van der Waals surface area contributed by atoms with Crippen LogP contribution in [-0.2, 0) is 0 Å². The Labute approximate surface area is 55.9 Å². The second kappa shape index (κ2) is 6.77. The SMILES string of the molecule is C/C=C\CC/C=C/Cl. The summed E-state index contributed by atoms with van der Waals surface area (Å²) in [6, 6.07) is 0. The lowest BCUT2D eigenvalue weighted by Gasteiger charge is -1.80. The first kappa shape index (κ1) is 7.77. The minimum absolute atomic E-state index is 1.05. The molecule has 0 aliphatic heterocycles. The molecule has 0 aromatic carbocycles. The lowest BCUT2D eigenvalue weighted by molar-refractivity contribution is 1.05. The topological polar surface area (TPSA) is 0 Å². The highest BCUT2D eigenvalue weighted by Crippen LogP contribution is 1.92. The Kier molecular flexibility index (Phi) is 6.58. The third kappa shape index (κ3) is 5.77. The quantitative estimate of drug-likeness (QED) is 0.407. The average molecular weight is 131 g/mol. The molecule has 0 fully saturated rings. The van der Waals surface area contributed by atoms with Gasteiger partial charge < -0.3 is 0 Å². The predicted molar refractivity (Wildman–Crippen MR) is 39.0 cm³/mol. The fourth-order valence-corrected chi connectivity index (χ4v) is 0.548. The van der Waals surface area contributed by atoms with Crippen LogP contribution in [0, 0.1) is 0 Å². The van der Waals surface area contributed by atoms with Gasteiger partial charge in [0.1, 0.15) is 0 Å². The van der Waals surface area contributed by atoms with Crippen molar-refractivity contribution in [3.05, 3.63) is 23.8 Å². The van der Waals surface area contributed by atoms with Gasteiger partial charge in [-0.2, -0.15) is 0 Å². The van der Waals surface area contributed by atoms with E-state index in [2.05, 4.69) is 6.08 Å². The molecule has 0 rings (SSSR count). The Morgan fingerprint density at radius 3 is 2.38 bits per heavy atom. The third-order valence-electron chi connectivity index (χ3n) is 0.825. The van der Waals surface area contributed by atoms with Crippen LogP contribution in [0.3, 0.4) is 0 Å². The van der Waals surface area contributed by atoms with Gasteiger partial charge in [-0.1, -0.05) is 29.8 Å². The van der Waals surface area contributed by atoms with Gasteiger partial charge in [-0.25, -0.2) is 0 Å². The zero-order valence-electron chi connectivity index (χ0n) is 5.10. The fraction of sp³-hybridized carbons (Fsp3) is 0.429. The van der Waals surface area contributed by atoms with Gasteiger partial charge in [0, 0.05) is 5.54 Å². The van der Waals surface area contributed by atoms with Crippen LogP contribution in [0.25, 0.3) is 0 Å². The first-order chi connectivity index (χ1) is 3.91. The second-order valence-corrected chi connectivity index (χ2v) is 1.76. The Balaban J connectivity index is 2.93. The summed E-state index contributed by atoms with van der Waals surface area (Å²) in [6.45, 7) is 2.02. The van der Waals surface area contributed by atoms with Crippen molar-refractivity contribution in [2.24, 2.45) is 0 Å². The molecular weight excluding hydrogens is 120 g/mol. The fourth-order valence-electron chi connectivity index (χ4n) is 0.422. The Morgan fingerprint density at radius 2 is 1.88 bits per heavy atom. The molecule has 0 nitrogen and oxygen atoms in total. The molecule has 0 amide bonds. The van der Waals surface area contributed by atoms with Crippen molar-refractivity contribution >= 4 is 11.6 Å². The molecule has 0 radical (unpaired) electrons.